The Labute approximate surface area is 199 Å². The van der Waals surface area contributed by atoms with Crippen LogP contribution in [0.1, 0.15) is 48.2 Å². The summed E-state index contributed by atoms with van der Waals surface area (Å²) in [5.74, 6) is -0.0859. The van der Waals surface area contributed by atoms with E-state index in [0.29, 0.717) is 17.2 Å². The number of unbranched alkanes of at least 4 members (excludes halogenated alkanes) is 1. The van der Waals surface area contributed by atoms with Crippen molar-refractivity contribution in [3.63, 3.8) is 0 Å². The van der Waals surface area contributed by atoms with Crippen molar-refractivity contribution in [2.75, 3.05) is 19.0 Å². The molecule has 5 nitrogen and oxygen atoms in total. The number of benzene rings is 2. The molecule has 6 heteroatoms. The minimum Gasteiger partial charge on any atom is -0.493 e. The summed E-state index contributed by atoms with van der Waals surface area (Å²) in [5.41, 5.74) is 4.03. The fraction of sp³-hybridized carbons (Fsp3) is 0.259. The second kappa shape index (κ2) is 12.0. The van der Waals surface area contributed by atoms with Crippen LogP contribution < -0.4 is 10.1 Å². The van der Waals surface area contributed by atoms with Crippen LogP contribution in [0.15, 0.2) is 60.0 Å². The average Bonchev–Trinajstić information content (AvgIpc) is 3.26. The molecule has 0 fully saturated rings. The molecule has 3 rings (SSSR count). The molecule has 0 atom stereocenters. The molecule has 3 aromatic rings. The van der Waals surface area contributed by atoms with Gasteiger partial charge in [0.25, 0.3) is 0 Å². The number of carbonyl (C=O) groups excluding carboxylic acids is 2. The molecule has 0 aliphatic rings. The number of thiophene rings is 1. The summed E-state index contributed by atoms with van der Waals surface area (Å²) in [5, 5.41) is 5.15. The highest BCUT2D eigenvalue weighted by Gasteiger charge is 2.22. The molecular weight excluding hydrogens is 434 g/mol. The number of ether oxygens (including phenoxy) is 2. The lowest BCUT2D eigenvalue weighted by molar-refractivity contribution is -0.111. The van der Waals surface area contributed by atoms with E-state index in [1.165, 1.54) is 30.1 Å². The summed E-state index contributed by atoms with van der Waals surface area (Å²) in [6.45, 7) is 4.84. The van der Waals surface area contributed by atoms with Crippen LogP contribution in [0.2, 0.25) is 0 Å². The van der Waals surface area contributed by atoms with Gasteiger partial charge in [-0.25, -0.2) is 4.79 Å². The van der Waals surface area contributed by atoms with E-state index in [9.17, 15) is 9.59 Å². The topological polar surface area (TPSA) is 64.6 Å². The Morgan fingerprint density at radius 1 is 1.06 bits per heavy atom. The van der Waals surface area contributed by atoms with Crippen molar-refractivity contribution in [3.8, 4) is 16.9 Å². The van der Waals surface area contributed by atoms with Gasteiger partial charge < -0.3 is 14.8 Å². The highest BCUT2D eigenvalue weighted by atomic mass is 32.1. The molecule has 0 unspecified atom stereocenters. The Morgan fingerprint density at radius 2 is 1.82 bits per heavy atom. The van der Waals surface area contributed by atoms with E-state index in [-0.39, 0.29) is 5.91 Å². The number of methoxy groups -OCH3 is 1. The number of esters is 1. The Morgan fingerprint density at radius 3 is 2.52 bits per heavy atom. The van der Waals surface area contributed by atoms with E-state index >= 15 is 0 Å². The minimum absolute atomic E-state index is 0.335. The van der Waals surface area contributed by atoms with E-state index in [0.717, 1.165) is 41.7 Å². The number of nitrogens with one attached hydrogen (secondary N) is 1. The van der Waals surface area contributed by atoms with Gasteiger partial charge >= 0.3 is 5.97 Å². The third-order valence-electron chi connectivity index (χ3n) is 5.18. The zero-order valence-corrected chi connectivity index (χ0v) is 20.0. The summed E-state index contributed by atoms with van der Waals surface area (Å²) < 4.78 is 10.8. The molecular formula is C27H29NO4S. The van der Waals surface area contributed by atoms with Crippen LogP contribution in [-0.4, -0.2) is 25.6 Å². The zero-order chi connectivity index (χ0) is 23.6. The molecule has 172 valence electrons. The van der Waals surface area contributed by atoms with Gasteiger partial charge in [-0.1, -0.05) is 62.7 Å². The van der Waals surface area contributed by atoms with E-state index < -0.39 is 5.97 Å². The van der Waals surface area contributed by atoms with E-state index in [4.69, 9.17) is 9.47 Å². The van der Waals surface area contributed by atoms with Crippen LogP contribution in [0, 0.1) is 0 Å². The highest BCUT2D eigenvalue weighted by molar-refractivity contribution is 7.15. The van der Waals surface area contributed by atoms with Crippen LogP contribution in [0.5, 0.6) is 5.75 Å². The molecule has 1 aromatic heterocycles. The van der Waals surface area contributed by atoms with Gasteiger partial charge in [-0.05, 0) is 36.1 Å². The van der Waals surface area contributed by atoms with Gasteiger partial charge in [-0.2, -0.15) is 0 Å². The van der Waals surface area contributed by atoms with Crippen molar-refractivity contribution in [2.24, 2.45) is 0 Å². The molecule has 33 heavy (non-hydrogen) atoms. The molecule has 0 saturated carbocycles. The third-order valence-corrected chi connectivity index (χ3v) is 6.07. The summed E-state index contributed by atoms with van der Waals surface area (Å²) >= 11 is 1.30. The maximum Gasteiger partial charge on any atom is 0.341 e. The number of amides is 1. The maximum absolute atomic E-state index is 12.7. The van der Waals surface area contributed by atoms with Gasteiger partial charge in [-0.3, -0.25) is 4.79 Å². The minimum atomic E-state index is -0.486. The predicted octanol–water partition coefficient (Wildman–Crippen LogP) is 6.59. The van der Waals surface area contributed by atoms with Gasteiger partial charge in [0, 0.05) is 22.6 Å². The first-order chi connectivity index (χ1) is 16.1. The molecule has 2 aromatic carbocycles. The number of hydrogen-bond donors (Lipinski definition) is 1. The summed E-state index contributed by atoms with van der Waals surface area (Å²) in [4.78, 5) is 25.2. The lowest BCUT2D eigenvalue weighted by Crippen LogP contribution is -2.11. The highest BCUT2D eigenvalue weighted by Crippen LogP contribution is 2.36. The molecule has 0 aliphatic heterocycles. The number of para-hydroxylation sites is 1. The fourth-order valence-corrected chi connectivity index (χ4v) is 4.24. The molecule has 0 radical (unpaired) electrons. The van der Waals surface area contributed by atoms with Gasteiger partial charge in [0.05, 0.1) is 13.7 Å². The third kappa shape index (κ3) is 6.33. The number of carbonyl (C=O) groups is 2. The summed E-state index contributed by atoms with van der Waals surface area (Å²) in [7, 11) is 1.34. The average molecular weight is 464 g/mol. The number of aryl methyl sites for hydroxylation is 1. The van der Waals surface area contributed by atoms with Crippen molar-refractivity contribution in [2.45, 2.75) is 33.1 Å². The molecule has 0 saturated heterocycles. The van der Waals surface area contributed by atoms with Crippen LogP contribution in [0.25, 0.3) is 17.2 Å². The van der Waals surface area contributed by atoms with Crippen molar-refractivity contribution in [1.82, 2.24) is 0 Å². The van der Waals surface area contributed by atoms with Crippen LogP contribution in [0.3, 0.4) is 0 Å². The quantitative estimate of drug-likeness (QED) is 0.209. The molecule has 1 heterocycles. The number of rotatable bonds is 10. The first kappa shape index (κ1) is 24.3. The Kier molecular flexibility index (Phi) is 8.84. The first-order valence-electron chi connectivity index (χ1n) is 11.1. The maximum atomic E-state index is 12.7. The van der Waals surface area contributed by atoms with Gasteiger partial charge in [0.2, 0.25) is 5.91 Å². The summed E-state index contributed by atoms with van der Waals surface area (Å²) in [6, 6.07) is 15.6. The first-order valence-corrected chi connectivity index (χ1v) is 11.9. The van der Waals surface area contributed by atoms with Crippen LogP contribution in [0.4, 0.5) is 5.00 Å². The van der Waals surface area contributed by atoms with Crippen molar-refractivity contribution in [1.29, 1.82) is 0 Å². The van der Waals surface area contributed by atoms with Gasteiger partial charge in [0.1, 0.15) is 16.3 Å². The SMILES string of the molecule is CCCCOc1ccccc1/C=C/C(=O)Nc1scc(-c2ccc(CC)cc2)c1C(=O)OC. The molecule has 0 bridgehead atoms. The molecule has 1 N–H and O–H groups in total. The van der Waals surface area contributed by atoms with Gasteiger partial charge in [0.15, 0.2) is 0 Å². The molecule has 0 spiro atoms. The van der Waals surface area contributed by atoms with Gasteiger partial charge in [-0.15, -0.1) is 11.3 Å². The summed E-state index contributed by atoms with van der Waals surface area (Å²) in [6.07, 6.45) is 6.12. The van der Waals surface area contributed by atoms with E-state index in [1.54, 1.807) is 6.08 Å². The Balaban J connectivity index is 1.80. The van der Waals surface area contributed by atoms with Crippen LogP contribution in [-0.2, 0) is 16.0 Å². The number of hydrogen-bond acceptors (Lipinski definition) is 5. The standard InChI is InChI=1S/C27H29NO4S/c1-4-6-17-32-23-10-8-7-9-21(23)15-16-24(29)28-26-25(27(30)31-3)22(18-33-26)20-13-11-19(5-2)12-14-20/h7-16,18H,4-6,17H2,1-3H3,(H,28,29)/b16-15+. The smallest absolute Gasteiger partial charge is 0.341 e. The predicted molar refractivity (Wildman–Crippen MR) is 135 cm³/mol. The largest absolute Gasteiger partial charge is 0.493 e. The second-order valence-corrected chi connectivity index (χ2v) is 8.34. The molecule has 0 aliphatic carbocycles. The van der Waals surface area contributed by atoms with Crippen molar-refractivity contribution in [3.05, 3.63) is 76.7 Å². The van der Waals surface area contributed by atoms with E-state index in [2.05, 4.69) is 19.2 Å². The second-order valence-electron chi connectivity index (χ2n) is 7.46. The Bertz CT molecular complexity index is 1120. The Hall–Kier alpha value is -3.38. The monoisotopic (exact) mass is 463 g/mol. The van der Waals surface area contributed by atoms with Crippen molar-refractivity contribution >= 4 is 34.3 Å². The zero-order valence-electron chi connectivity index (χ0n) is 19.2. The van der Waals surface area contributed by atoms with E-state index in [1.807, 2.05) is 53.9 Å². The normalized spacial score (nSPS) is 10.9. The van der Waals surface area contributed by atoms with Crippen LogP contribution >= 0.6 is 11.3 Å². The fourth-order valence-electron chi connectivity index (χ4n) is 3.28. The lowest BCUT2D eigenvalue weighted by atomic mass is 10.0. The van der Waals surface area contributed by atoms with Crippen molar-refractivity contribution < 1.29 is 19.1 Å². The lowest BCUT2D eigenvalue weighted by Gasteiger charge is -2.09. The molecule has 1 amide bonds. The number of anilines is 1.